The number of nitrogens with one attached hydrogen (secondary N) is 1. The van der Waals surface area contributed by atoms with Crippen molar-refractivity contribution in [2.75, 3.05) is 4.90 Å². The van der Waals surface area contributed by atoms with Crippen LogP contribution in [0.1, 0.15) is 25.0 Å². The Labute approximate surface area is 152 Å². The first-order valence-corrected chi connectivity index (χ1v) is 9.98. The lowest BCUT2D eigenvalue weighted by Crippen LogP contribution is -2.41. The van der Waals surface area contributed by atoms with E-state index in [-0.39, 0.29) is 22.7 Å². The summed E-state index contributed by atoms with van der Waals surface area (Å²) in [4.78, 5) is 19.4. The van der Waals surface area contributed by atoms with Crippen molar-refractivity contribution < 1.29 is 13.2 Å². The first-order valence-electron chi connectivity index (χ1n) is 8.49. The summed E-state index contributed by atoms with van der Waals surface area (Å²) in [7, 11) is -3.61. The van der Waals surface area contributed by atoms with Gasteiger partial charge < -0.3 is 4.90 Å². The maximum absolute atomic E-state index is 13.0. The number of rotatable bonds is 2. The Morgan fingerprint density at radius 1 is 1.19 bits per heavy atom. The number of fused-ring (bicyclic) bond motifs is 2. The minimum Gasteiger partial charge on any atom is -0.307 e. The smallest absolute Gasteiger partial charge is 0.263 e. The molecule has 7 heteroatoms. The minimum atomic E-state index is -3.61. The number of amidine groups is 1. The third kappa shape index (κ3) is 2.59. The van der Waals surface area contributed by atoms with E-state index in [1.54, 1.807) is 30.0 Å². The second kappa shape index (κ2) is 5.95. The molecule has 26 heavy (non-hydrogen) atoms. The number of hydrogen-bond donors (Lipinski definition) is 1. The standard InChI is InChI=1S/C19H19N3O3S/c1-12-11-14-7-3-5-9-16(14)22(12)19(23)13(2)20-18-15-8-4-6-10-17(15)26(24,25)21-18/h3-10,12-13H,11H2,1-2H3,(H,20,21). The molecule has 134 valence electrons. The number of aliphatic imine (C=N–C) groups is 1. The van der Waals surface area contributed by atoms with E-state index in [1.165, 1.54) is 6.07 Å². The number of amides is 1. The van der Waals surface area contributed by atoms with Gasteiger partial charge in [0.25, 0.3) is 15.9 Å². The van der Waals surface area contributed by atoms with Crippen LogP contribution < -0.4 is 9.62 Å². The fourth-order valence-corrected chi connectivity index (χ4v) is 4.82. The maximum Gasteiger partial charge on any atom is 0.263 e. The number of anilines is 1. The predicted molar refractivity (Wildman–Crippen MR) is 99.9 cm³/mol. The molecular formula is C19H19N3O3S. The van der Waals surface area contributed by atoms with Crippen LogP contribution in [0, 0.1) is 0 Å². The zero-order chi connectivity index (χ0) is 18.5. The van der Waals surface area contributed by atoms with E-state index in [4.69, 9.17) is 0 Å². The lowest BCUT2D eigenvalue weighted by molar-refractivity contribution is -0.119. The van der Waals surface area contributed by atoms with E-state index >= 15 is 0 Å². The number of hydrogen-bond acceptors (Lipinski definition) is 4. The van der Waals surface area contributed by atoms with Crippen LogP contribution >= 0.6 is 0 Å². The Balaban J connectivity index is 1.66. The first kappa shape index (κ1) is 16.8. The Kier molecular flexibility index (Phi) is 3.84. The molecule has 6 nitrogen and oxygen atoms in total. The average molecular weight is 369 g/mol. The SMILES string of the molecule is CC(N=C1NS(=O)(=O)c2ccccc21)C(=O)N1c2ccccc2CC1C. The molecule has 2 unspecified atom stereocenters. The van der Waals surface area contributed by atoms with Gasteiger partial charge in [0.15, 0.2) is 0 Å². The second-order valence-corrected chi connectivity index (χ2v) is 8.30. The van der Waals surface area contributed by atoms with Gasteiger partial charge in [0.1, 0.15) is 11.9 Å². The normalized spacial score (nSPS) is 22.6. The number of sulfonamides is 1. The van der Waals surface area contributed by atoms with Gasteiger partial charge in [-0.1, -0.05) is 30.3 Å². The van der Waals surface area contributed by atoms with Crippen molar-refractivity contribution in [2.24, 2.45) is 4.99 Å². The van der Waals surface area contributed by atoms with Crippen molar-refractivity contribution >= 4 is 27.5 Å². The summed E-state index contributed by atoms with van der Waals surface area (Å²) in [6.45, 7) is 3.70. The zero-order valence-electron chi connectivity index (χ0n) is 14.5. The number of carbonyl (C=O) groups is 1. The Morgan fingerprint density at radius 2 is 1.88 bits per heavy atom. The van der Waals surface area contributed by atoms with E-state index in [2.05, 4.69) is 9.71 Å². The van der Waals surface area contributed by atoms with Gasteiger partial charge in [0, 0.05) is 17.3 Å². The van der Waals surface area contributed by atoms with Gasteiger partial charge in [-0.15, -0.1) is 0 Å². The van der Waals surface area contributed by atoms with E-state index in [9.17, 15) is 13.2 Å². The Bertz CT molecular complexity index is 1030. The largest absolute Gasteiger partial charge is 0.307 e. The molecule has 0 aliphatic carbocycles. The quantitative estimate of drug-likeness (QED) is 0.880. The van der Waals surface area contributed by atoms with E-state index in [1.807, 2.05) is 31.2 Å². The molecule has 0 spiro atoms. The van der Waals surface area contributed by atoms with Crippen LogP contribution in [-0.2, 0) is 21.2 Å². The molecule has 2 atom stereocenters. The number of benzene rings is 2. The molecule has 2 heterocycles. The third-order valence-electron chi connectivity index (χ3n) is 4.79. The van der Waals surface area contributed by atoms with Crippen LogP contribution in [0.15, 0.2) is 58.4 Å². The maximum atomic E-state index is 13.0. The van der Waals surface area contributed by atoms with Crippen molar-refractivity contribution in [3.8, 4) is 0 Å². The van der Waals surface area contributed by atoms with Gasteiger partial charge in [-0.3, -0.25) is 14.5 Å². The molecule has 0 radical (unpaired) electrons. The van der Waals surface area contributed by atoms with E-state index < -0.39 is 16.1 Å². The number of para-hydroxylation sites is 1. The van der Waals surface area contributed by atoms with Crippen LogP contribution in [-0.4, -0.2) is 32.2 Å². The Morgan fingerprint density at radius 3 is 2.69 bits per heavy atom. The van der Waals surface area contributed by atoms with Gasteiger partial charge in [-0.05, 0) is 44.0 Å². The highest BCUT2D eigenvalue weighted by atomic mass is 32.2. The van der Waals surface area contributed by atoms with Crippen molar-refractivity contribution in [1.82, 2.24) is 4.72 Å². The zero-order valence-corrected chi connectivity index (χ0v) is 15.3. The molecule has 1 amide bonds. The summed E-state index contributed by atoms with van der Waals surface area (Å²) in [5.74, 6) is 0.0834. The number of nitrogens with zero attached hydrogens (tertiary/aromatic N) is 2. The highest BCUT2D eigenvalue weighted by molar-refractivity contribution is 7.90. The van der Waals surface area contributed by atoms with Crippen LogP contribution in [0.5, 0.6) is 0 Å². The topological polar surface area (TPSA) is 78.8 Å². The highest BCUT2D eigenvalue weighted by Crippen LogP contribution is 2.32. The van der Waals surface area contributed by atoms with Crippen molar-refractivity contribution in [2.45, 2.75) is 37.2 Å². The van der Waals surface area contributed by atoms with Crippen LogP contribution in [0.4, 0.5) is 5.69 Å². The van der Waals surface area contributed by atoms with Crippen LogP contribution in [0.3, 0.4) is 0 Å². The van der Waals surface area contributed by atoms with Gasteiger partial charge in [0.05, 0.1) is 4.90 Å². The molecule has 2 aliphatic rings. The first-order chi connectivity index (χ1) is 12.4. The summed E-state index contributed by atoms with van der Waals surface area (Å²) in [6.07, 6.45) is 0.806. The number of carbonyl (C=O) groups excluding carboxylic acids is 1. The van der Waals surface area contributed by atoms with Crippen LogP contribution in [0.2, 0.25) is 0 Å². The predicted octanol–water partition coefficient (Wildman–Crippen LogP) is 2.09. The molecule has 1 N–H and O–H groups in total. The molecular weight excluding hydrogens is 350 g/mol. The lowest BCUT2D eigenvalue weighted by atomic mass is 10.1. The lowest BCUT2D eigenvalue weighted by Gasteiger charge is -2.24. The fraction of sp³-hybridized carbons (Fsp3) is 0.263. The molecule has 2 aromatic carbocycles. The fourth-order valence-electron chi connectivity index (χ4n) is 3.58. The summed E-state index contributed by atoms with van der Waals surface area (Å²) >= 11 is 0. The van der Waals surface area contributed by atoms with Gasteiger partial charge in [0.2, 0.25) is 0 Å². The van der Waals surface area contributed by atoms with Crippen molar-refractivity contribution in [3.63, 3.8) is 0 Å². The van der Waals surface area contributed by atoms with E-state index in [0.29, 0.717) is 5.56 Å². The summed E-state index contributed by atoms with van der Waals surface area (Å²) in [6, 6.07) is 13.8. The van der Waals surface area contributed by atoms with Crippen LogP contribution in [0.25, 0.3) is 0 Å². The molecule has 2 aliphatic heterocycles. The molecule has 0 fully saturated rings. The Hall–Kier alpha value is -2.67. The average Bonchev–Trinajstić information content (AvgIpc) is 3.08. The third-order valence-corrected chi connectivity index (χ3v) is 6.18. The van der Waals surface area contributed by atoms with Crippen molar-refractivity contribution in [3.05, 3.63) is 59.7 Å². The molecule has 0 saturated heterocycles. The second-order valence-electron chi connectivity index (χ2n) is 6.65. The molecule has 0 bridgehead atoms. The summed E-state index contributed by atoms with van der Waals surface area (Å²) < 4.78 is 26.9. The van der Waals surface area contributed by atoms with Gasteiger partial charge in [-0.25, -0.2) is 8.42 Å². The van der Waals surface area contributed by atoms with E-state index in [0.717, 1.165) is 17.7 Å². The summed E-state index contributed by atoms with van der Waals surface area (Å²) in [5.41, 5.74) is 2.55. The van der Waals surface area contributed by atoms with Crippen molar-refractivity contribution in [1.29, 1.82) is 0 Å². The minimum absolute atomic E-state index is 0.0510. The van der Waals surface area contributed by atoms with Gasteiger partial charge >= 0.3 is 0 Å². The molecule has 0 saturated carbocycles. The molecule has 4 rings (SSSR count). The highest BCUT2D eigenvalue weighted by Gasteiger charge is 2.35. The monoisotopic (exact) mass is 369 g/mol. The van der Waals surface area contributed by atoms with Gasteiger partial charge in [-0.2, -0.15) is 0 Å². The summed E-state index contributed by atoms with van der Waals surface area (Å²) in [5, 5.41) is 0. The molecule has 2 aromatic rings. The molecule has 0 aromatic heterocycles.